The van der Waals surface area contributed by atoms with Crippen LogP contribution in [0.4, 0.5) is 5.69 Å². The molecule has 0 amide bonds. The second-order valence-corrected chi connectivity index (χ2v) is 5.93. The first-order valence-electron chi connectivity index (χ1n) is 6.04. The van der Waals surface area contributed by atoms with Crippen LogP contribution in [0.15, 0.2) is 45.3 Å². The number of anilines is 1. The average molecular weight is 401 g/mol. The van der Waals surface area contributed by atoms with Crippen molar-refractivity contribution in [3.8, 4) is 11.5 Å². The Labute approximate surface area is 135 Å². The maximum absolute atomic E-state index is 5.36. The van der Waals surface area contributed by atoms with Crippen molar-refractivity contribution >= 4 is 37.5 Å². The van der Waals surface area contributed by atoms with Crippen LogP contribution in [0.2, 0.25) is 0 Å². The zero-order valence-electron chi connectivity index (χ0n) is 11.2. The van der Waals surface area contributed by atoms with Gasteiger partial charge in [-0.15, -0.1) is 0 Å². The Kier molecular flexibility index (Phi) is 5.31. The van der Waals surface area contributed by atoms with Crippen molar-refractivity contribution < 1.29 is 9.47 Å². The molecule has 0 aromatic heterocycles. The van der Waals surface area contributed by atoms with Crippen molar-refractivity contribution in [3.05, 3.63) is 50.9 Å². The third-order valence-electron chi connectivity index (χ3n) is 2.88. The molecule has 0 atom stereocenters. The van der Waals surface area contributed by atoms with Crippen molar-refractivity contribution in [2.24, 2.45) is 0 Å². The lowest BCUT2D eigenvalue weighted by molar-refractivity contribution is 0.410. The second-order valence-electron chi connectivity index (χ2n) is 4.16. The highest BCUT2D eigenvalue weighted by Crippen LogP contribution is 2.29. The van der Waals surface area contributed by atoms with Gasteiger partial charge in [0.1, 0.15) is 11.5 Å². The summed E-state index contributed by atoms with van der Waals surface area (Å²) >= 11 is 6.95. The Morgan fingerprint density at radius 2 is 1.65 bits per heavy atom. The lowest BCUT2D eigenvalue weighted by Crippen LogP contribution is -2.02. The first kappa shape index (κ1) is 15.2. The van der Waals surface area contributed by atoms with Crippen LogP contribution in [0.3, 0.4) is 0 Å². The number of nitrogens with one attached hydrogen (secondary N) is 1. The fourth-order valence-electron chi connectivity index (χ4n) is 1.86. The maximum Gasteiger partial charge on any atom is 0.133 e. The van der Waals surface area contributed by atoms with E-state index in [4.69, 9.17) is 9.47 Å². The number of halogens is 2. The molecule has 0 radical (unpaired) electrons. The van der Waals surface area contributed by atoms with Gasteiger partial charge >= 0.3 is 0 Å². The SMILES string of the molecule is COc1ccc(NCc2cc(Br)ccc2OC)cc1Br. The highest BCUT2D eigenvalue weighted by molar-refractivity contribution is 9.10. The largest absolute Gasteiger partial charge is 0.496 e. The standard InChI is InChI=1S/C15H15Br2NO2/c1-19-14-5-3-11(16)7-10(14)9-18-12-4-6-15(20-2)13(17)8-12/h3-8,18H,9H2,1-2H3. The summed E-state index contributed by atoms with van der Waals surface area (Å²) in [5, 5.41) is 3.37. The van der Waals surface area contributed by atoms with E-state index in [0.717, 1.165) is 31.7 Å². The van der Waals surface area contributed by atoms with Crippen LogP contribution < -0.4 is 14.8 Å². The lowest BCUT2D eigenvalue weighted by Gasteiger charge is -2.12. The van der Waals surface area contributed by atoms with E-state index in [1.54, 1.807) is 14.2 Å². The fraction of sp³-hybridized carbons (Fsp3) is 0.200. The molecule has 0 bridgehead atoms. The molecule has 2 rings (SSSR count). The van der Waals surface area contributed by atoms with E-state index in [9.17, 15) is 0 Å². The minimum atomic E-state index is 0.682. The third-order valence-corrected chi connectivity index (χ3v) is 3.99. The molecule has 3 nitrogen and oxygen atoms in total. The molecule has 2 aromatic rings. The van der Waals surface area contributed by atoms with E-state index in [2.05, 4.69) is 37.2 Å². The van der Waals surface area contributed by atoms with E-state index in [-0.39, 0.29) is 0 Å². The van der Waals surface area contributed by atoms with Crippen molar-refractivity contribution in [2.75, 3.05) is 19.5 Å². The van der Waals surface area contributed by atoms with Gasteiger partial charge in [-0.2, -0.15) is 0 Å². The zero-order chi connectivity index (χ0) is 14.5. The van der Waals surface area contributed by atoms with Crippen LogP contribution in [0.1, 0.15) is 5.56 Å². The van der Waals surface area contributed by atoms with Gasteiger partial charge in [-0.05, 0) is 52.3 Å². The van der Waals surface area contributed by atoms with Crippen molar-refractivity contribution in [3.63, 3.8) is 0 Å². The van der Waals surface area contributed by atoms with Gasteiger partial charge in [0.2, 0.25) is 0 Å². The van der Waals surface area contributed by atoms with E-state index >= 15 is 0 Å². The number of methoxy groups -OCH3 is 2. The van der Waals surface area contributed by atoms with Gasteiger partial charge in [-0.25, -0.2) is 0 Å². The topological polar surface area (TPSA) is 30.5 Å². The maximum atomic E-state index is 5.36. The van der Waals surface area contributed by atoms with Gasteiger partial charge in [0.05, 0.1) is 18.7 Å². The Morgan fingerprint density at radius 3 is 2.30 bits per heavy atom. The predicted molar refractivity (Wildman–Crippen MR) is 88.7 cm³/mol. The first-order valence-corrected chi connectivity index (χ1v) is 7.62. The summed E-state index contributed by atoms with van der Waals surface area (Å²) in [5.74, 6) is 1.68. The van der Waals surface area contributed by atoms with Crippen LogP contribution in [0.5, 0.6) is 11.5 Å². The number of rotatable bonds is 5. The summed E-state index contributed by atoms with van der Waals surface area (Å²) in [6.45, 7) is 0.682. The number of benzene rings is 2. The highest BCUT2D eigenvalue weighted by atomic mass is 79.9. The molecule has 0 heterocycles. The van der Waals surface area contributed by atoms with Crippen molar-refractivity contribution in [1.29, 1.82) is 0 Å². The summed E-state index contributed by atoms with van der Waals surface area (Å²) in [6.07, 6.45) is 0. The van der Waals surface area contributed by atoms with Gasteiger partial charge in [0.15, 0.2) is 0 Å². The zero-order valence-corrected chi connectivity index (χ0v) is 14.4. The van der Waals surface area contributed by atoms with Gasteiger partial charge in [-0.1, -0.05) is 15.9 Å². The fourth-order valence-corrected chi connectivity index (χ4v) is 2.81. The first-order chi connectivity index (χ1) is 9.63. The molecular weight excluding hydrogens is 386 g/mol. The smallest absolute Gasteiger partial charge is 0.133 e. The summed E-state index contributed by atoms with van der Waals surface area (Å²) in [4.78, 5) is 0. The van der Waals surface area contributed by atoms with Crippen LogP contribution >= 0.6 is 31.9 Å². The predicted octanol–water partition coefficient (Wildman–Crippen LogP) is 4.84. The monoisotopic (exact) mass is 399 g/mol. The van der Waals surface area contributed by atoms with Gasteiger partial charge in [-0.3, -0.25) is 0 Å². The normalized spacial score (nSPS) is 10.2. The Balaban J connectivity index is 2.12. The Morgan fingerprint density at radius 1 is 0.950 bits per heavy atom. The van der Waals surface area contributed by atoms with E-state index in [1.165, 1.54) is 0 Å². The minimum absolute atomic E-state index is 0.682. The molecule has 0 saturated carbocycles. The molecule has 0 spiro atoms. The molecule has 0 unspecified atom stereocenters. The molecule has 5 heteroatoms. The van der Waals surface area contributed by atoms with Crippen molar-refractivity contribution in [2.45, 2.75) is 6.54 Å². The third kappa shape index (κ3) is 3.67. The van der Waals surface area contributed by atoms with Crippen LogP contribution in [0, 0.1) is 0 Å². The quantitative estimate of drug-likeness (QED) is 0.778. The molecule has 0 fully saturated rings. The Bertz CT molecular complexity index is 602. The molecule has 2 aromatic carbocycles. The second kappa shape index (κ2) is 6.99. The molecule has 0 saturated heterocycles. The van der Waals surface area contributed by atoms with Crippen LogP contribution in [0.25, 0.3) is 0 Å². The summed E-state index contributed by atoms with van der Waals surface area (Å²) in [5.41, 5.74) is 2.11. The Hall–Kier alpha value is -1.20. The van der Waals surface area contributed by atoms with E-state index in [0.29, 0.717) is 6.54 Å². The summed E-state index contributed by atoms with van der Waals surface area (Å²) < 4.78 is 12.5. The van der Waals surface area contributed by atoms with Gasteiger partial charge < -0.3 is 14.8 Å². The molecule has 106 valence electrons. The molecule has 20 heavy (non-hydrogen) atoms. The summed E-state index contributed by atoms with van der Waals surface area (Å²) in [6, 6.07) is 11.9. The summed E-state index contributed by atoms with van der Waals surface area (Å²) in [7, 11) is 3.33. The molecule has 0 aliphatic heterocycles. The average Bonchev–Trinajstić information content (AvgIpc) is 2.45. The van der Waals surface area contributed by atoms with Crippen LogP contribution in [-0.2, 0) is 6.54 Å². The number of ether oxygens (including phenoxy) is 2. The minimum Gasteiger partial charge on any atom is -0.496 e. The lowest BCUT2D eigenvalue weighted by atomic mass is 10.2. The number of hydrogen-bond acceptors (Lipinski definition) is 3. The van der Waals surface area contributed by atoms with Gasteiger partial charge in [0.25, 0.3) is 0 Å². The number of hydrogen-bond donors (Lipinski definition) is 1. The molecular formula is C15H15Br2NO2. The molecule has 1 N–H and O–H groups in total. The van der Waals surface area contributed by atoms with Crippen molar-refractivity contribution in [1.82, 2.24) is 0 Å². The van der Waals surface area contributed by atoms with Gasteiger partial charge in [0, 0.05) is 22.3 Å². The van der Waals surface area contributed by atoms with E-state index < -0.39 is 0 Å². The van der Waals surface area contributed by atoms with E-state index in [1.807, 2.05) is 36.4 Å². The molecule has 0 aliphatic rings. The molecule has 0 aliphatic carbocycles. The highest BCUT2D eigenvalue weighted by Gasteiger charge is 2.05. The van der Waals surface area contributed by atoms with Crippen LogP contribution in [-0.4, -0.2) is 14.2 Å².